The van der Waals surface area contributed by atoms with E-state index in [1.165, 1.54) is 0 Å². The summed E-state index contributed by atoms with van der Waals surface area (Å²) in [6, 6.07) is 0. The molecule has 1 amide bonds. The van der Waals surface area contributed by atoms with Gasteiger partial charge in [0.2, 0.25) is 5.91 Å². The van der Waals surface area contributed by atoms with Gasteiger partial charge in [0.05, 0.1) is 19.1 Å². The van der Waals surface area contributed by atoms with E-state index in [1.807, 2.05) is 0 Å². The van der Waals surface area contributed by atoms with Gasteiger partial charge in [-0.25, -0.2) is 0 Å². The molecule has 0 saturated carbocycles. The molecule has 110 valence electrons. The summed E-state index contributed by atoms with van der Waals surface area (Å²) in [6.45, 7) is 4.58. The van der Waals surface area contributed by atoms with Gasteiger partial charge in [-0.3, -0.25) is 9.59 Å². The summed E-state index contributed by atoms with van der Waals surface area (Å²) in [7, 11) is 1.58. The lowest BCUT2D eigenvalue weighted by Gasteiger charge is -2.29. The first-order valence-electron chi connectivity index (χ1n) is 6.83. The fraction of sp³-hybridized carbons (Fsp3) is 0.846. The van der Waals surface area contributed by atoms with Crippen LogP contribution in [-0.4, -0.2) is 63.3 Å². The number of hydrogen-bond donors (Lipinski definition) is 1. The maximum Gasteiger partial charge on any atom is 0.325 e. The standard InChI is InChI=1S/C13H24N2O4/c1-3-19-12(16)10-15(7-8-18-2)13(17)11-5-4-6-14-9-11/h11,14H,3-10H2,1-2H3. The predicted molar refractivity (Wildman–Crippen MR) is 70.7 cm³/mol. The van der Waals surface area contributed by atoms with Gasteiger partial charge in [0, 0.05) is 20.2 Å². The molecule has 1 aliphatic rings. The van der Waals surface area contributed by atoms with Crippen molar-refractivity contribution in [2.24, 2.45) is 5.92 Å². The maximum absolute atomic E-state index is 12.4. The summed E-state index contributed by atoms with van der Waals surface area (Å²) in [5, 5.41) is 3.21. The summed E-state index contributed by atoms with van der Waals surface area (Å²) in [5.74, 6) is -0.395. The van der Waals surface area contributed by atoms with E-state index in [-0.39, 0.29) is 24.3 Å². The molecule has 0 radical (unpaired) electrons. The van der Waals surface area contributed by atoms with Gasteiger partial charge in [-0.2, -0.15) is 0 Å². The zero-order chi connectivity index (χ0) is 14.1. The van der Waals surface area contributed by atoms with Crippen molar-refractivity contribution in [3.63, 3.8) is 0 Å². The minimum absolute atomic E-state index is 0.00648. The molecule has 1 atom stereocenters. The van der Waals surface area contributed by atoms with Crippen LogP contribution < -0.4 is 5.32 Å². The fourth-order valence-corrected chi connectivity index (χ4v) is 2.15. The number of nitrogens with one attached hydrogen (secondary N) is 1. The summed E-state index contributed by atoms with van der Waals surface area (Å²) in [5.41, 5.74) is 0. The van der Waals surface area contributed by atoms with Crippen LogP contribution in [0.4, 0.5) is 0 Å². The molecule has 0 spiro atoms. The van der Waals surface area contributed by atoms with Crippen LogP contribution in [0.2, 0.25) is 0 Å². The van der Waals surface area contributed by atoms with Crippen LogP contribution in [0, 0.1) is 5.92 Å². The second-order valence-electron chi connectivity index (χ2n) is 4.60. The number of rotatable bonds is 7. The molecule has 6 heteroatoms. The molecule has 1 N–H and O–H groups in total. The zero-order valence-corrected chi connectivity index (χ0v) is 11.8. The average Bonchev–Trinajstić information content (AvgIpc) is 2.44. The quantitative estimate of drug-likeness (QED) is 0.662. The van der Waals surface area contributed by atoms with Crippen molar-refractivity contribution in [1.82, 2.24) is 10.2 Å². The highest BCUT2D eigenvalue weighted by molar-refractivity contribution is 5.84. The zero-order valence-electron chi connectivity index (χ0n) is 11.8. The lowest BCUT2D eigenvalue weighted by molar-refractivity contribution is -0.150. The Hall–Kier alpha value is -1.14. The van der Waals surface area contributed by atoms with Crippen molar-refractivity contribution in [3.8, 4) is 0 Å². The average molecular weight is 272 g/mol. The van der Waals surface area contributed by atoms with Crippen LogP contribution >= 0.6 is 0 Å². The molecule has 0 bridgehead atoms. The number of methoxy groups -OCH3 is 1. The SMILES string of the molecule is CCOC(=O)CN(CCOC)C(=O)C1CCCNC1. The highest BCUT2D eigenvalue weighted by atomic mass is 16.5. The third-order valence-electron chi connectivity index (χ3n) is 3.15. The summed E-state index contributed by atoms with van der Waals surface area (Å²) < 4.78 is 9.89. The molecule has 1 rings (SSSR count). The molecular formula is C13H24N2O4. The molecule has 6 nitrogen and oxygen atoms in total. The summed E-state index contributed by atoms with van der Waals surface area (Å²) in [6.07, 6.45) is 1.87. The van der Waals surface area contributed by atoms with Crippen molar-refractivity contribution >= 4 is 11.9 Å². The first-order valence-corrected chi connectivity index (χ1v) is 6.83. The third-order valence-corrected chi connectivity index (χ3v) is 3.15. The van der Waals surface area contributed by atoms with E-state index in [1.54, 1.807) is 18.9 Å². The molecule has 1 unspecified atom stereocenters. The Morgan fingerprint density at radius 3 is 2.79 bits per heavy atom. The highest BCUT2D eigenvalue weighted by Crippen LogP contribution is 2.13. The Labute approximate surface area is 114 Å². The minimum atomic E-state index is -0.365. The van der Waals surface area contributed by atoms with Gasteiger partial charge in [0.1, 0.15) is 6.54 Å². The number of piperidine rings is 1. The van der Waals surface area contributed by atoms with E-state index < -0.39 is 0 Å². The molecule has 0 aromatic heterocycles. The minimum Gasteiger partial charge on any atom is -0.465 e. The van der Waals surface area contributed by atoms with E-state index in [4.69, 9.17) is 9.47 Å². The van der Waals surface area contributed by atoms with E-state index in [2.05, 4.69) is 5.32 Å². The lowest BCUT2D eigenvalue weighted by Crippen LogP contribution is -2.46. The molecule has 19 heavy (non-hydrogen) atoms. The van der Waals surface area contributed by atoms with Gasteiger partial charge in [0.25, 0.3) is 0 Å². The van der Waals surface area contributed by atoms with Gasteiger partial charge in [0.15, 0.2) is 0 Å². The van der Waals surface area contributed by atoms with Crippen LogP contribution in [-0.2, 0) is 19.1 Å². The van der Waals surface area contributed by atoms with E-state index in [9.17, 15) is 9.59 Å². The number of carbonyl (C=O) groups excluding carboxylic acids is 2. The summed E-state index contributed by atoms with van der Waals surface area (Å²) in [4.78, 5) is 25.4. The number of carbonyl (C=O) groups is 2. The second kappa shape index (κ2) is 8.87. The molecule has 1 saturated heterocycles. The smallest absolute Gasteiger partial charge is 0.325 e. The number of amides is 1. The van der Waals surface area contributed by atoms with Crippen LogP contribution in [0.3, 0.4) is 0 Å². The Morgan fingerprint density at radius 2 is 2.21 bits per heavy atom. The monoisotopic (exact) mass is 272 g/mol. The fourth-order valence-electron chi connectivity index (χ4n) is 2.15. The second-order valence-corrected chi connectivity index (χ2v) is 4.60. The Morgan fingerprint density at radius 1 is 1.42 bits per heavy atom. The molecule has 1 aliphatic heterocycles. The third kappa shape index (κ3) is 5.57. The first-order chi connectivity index (χ1) is 9.19. The predicted octanol–water partition coefficient (Wildman–Crippen LogP) is 0.0241. The largest absolute Gasteiger partial charge is 0.465 e. The Kier molecular flexibility index (Phi) is 7.43. The van der Waals surface area contributed by atoms with E-state index in [0.29, 0.717) is 26.3 Å². The van der Waals surface area contributed by atoms with Crippen molar-refractivity contribution in [2.45, 2.75) is 19.8 Å². The van der Waals surface area contributed by atoms with Gasteiger partial charge >= 0.3 is 5.97 Å². The number of hydrogen-bond acceptors (Lipinski definition) is 5. The number of ether oxygens (including phenoxy) is 2. The van der Waals surface area contributed by atoms with Gasteiger partial charge in [-0.05, 0) is 26.3 Å². The highest BCUT2D eigenvalue weighted by Gasteiger charge is 2.27. The van der Waals surface area contributed by atoms with Crippen LogP contribution in [0.1, 0.15) is 19.8 Å². The van der Waals surface area contributed by atoms with Crippen molar-refractivity contribution in [1.29, 1.82) is 0 Å². The van der Waals surface area contributed by atoms with Crippen molar-refractivity contribution in [2.75, 3.05) is 46.5 Å². The molecule has 0 aromatic carbocycles. The normalized spacial score (nSPS) is 18.9. The molecule has 1 heterocycles. The van der Waals surface area contributed by atoms with Crippen LogP contribution in [0.5, 0.6) is 0 Å². The van der Waals surface area contributed by atoms with Gasteiger partial charge in [-0.1, -0.05) is 0 Å². The van der Waals surface area contributed by atoms with Gasteiger partial charge in [-0.15, -0.1) is 0 Å². The number of esters is 1. The molecule has 0 aromatic rings. The topological polar surface area (TPSA) is 67.9 Å². The maximum atomic E-state index is 12.4. The Balaban J connectivity index is 2.55. The number of nitrogens with zero attached hydrogens (tertiary/aromatic N) is 1. The molecular weight excluding hydrogens is 248 g/mol. The van der Waals surface area contributed by atoms with Crippen molar-refractivity contribution in [3.05, 3.63) is 0 Å². The van der Waals surface area contributed by atoms with Crippen LogP contribution in [0.25, 0.3) is 0 Å². The van der Waals surface area contributed by atoms with E-state index >= 15 is 0 Å². The molecule has 1 fully saturated rings. The Bertz CT molecular complexity index is 290. The molecule has 0 aliphatic carbocycles. The van der Waals surface area contributed by atoms with Crippen LogP contribution in [0.15, 0.2) is 0 Å². The lowest BCUT2D eigenvalue weighted by atomic mass is 9.98. The van der Waals surface area contributed by atoms with Crippen molar-refractivity contribution < 1.29 is 19.1 Å². The van der Waals surface area contributed by atoms with Gasteiger partial charge < -0.3 is 19.7 Å². The summed E-state index contributed by atoms with van der Waals surface area (Å²) >= 11 is 0. The first kappa shape index (κ1) is 15.9. The van der Waals surface area contributed by atoms with E-state index in [0.717, 1.165) is 19.4 Å².